The molecule has 0 saturated carbocycles. The van der Waals surface area contributed by atoms with Gasteiger partial charge in [-0.2, -0.15) is 0 Å². The number of para-hydroxylation sites is 1. The van der Waals surface area contributed by atoms with Gasteiger partial charge in [0, 0.05) is 0 Å². The van der Waals surface area contributed by atoms with Crippen LogP contribution in [0.15, 0.2) is 36.4 Å². The Bertz CT molecular complexity index is 594. The lowest BCUT2D eigenvalue weighted by molar-refractivity contribution is 0.427. The van der Waals surface area contributed by atoms with Gasteiger partial charge in [0.2, 0.25) is 0 Å². The van der Waals surface area contributed by atoms with E-state index in [1.54, 1.807) is 29.8 Å². The van der Waals surface area contributed by atoms with E-state index < -0.39 is 0 Å². The largest absolute Gasteiger partial charge is 0.487 e. The van der Waals surface area contributed by atoms with Crippen molar-refractivity contribution in [2.45, 2.75) is 0 Å². The lowest BCUT2D eigenvalue weighted by Gasteiger charge is -1.89. The van der Waals surface area contributed by atoms with Crippen LogP contribution in [0.4, 0.5) is 0 Å². The van der Waals surface area contributed by atoms with Gasteiger partial charge in [0.1, 0.15) is 5.01 Å². The molecule has 0 amide bonds. The second-order valence-electron chi connectivity index (χ2n) is 3.31. The van der Waals surface area contributed by atoms with E-state index in [4.69, 9.17) is 4.74 Å². The molecule has 3 rings (SSSR count). The third-order valence-electron chi connectivity index (χ3n) is 2.29. The predicted molar refractivity (Wildman–Crippen MR) is 69.5 cm³/mol. The molecule has 16 heavy (non-hydrogen) atoms. The van der Waals surface area contributed by atoms with E-state index in [1.165, 1.54) is 4.70 Å². The Morgan fingerprint density at radius 1 is 1.06 bits per heavy atom. The normalized spacial score (nSPS) is 10.8. The zero-order valence-corrected chi connectivity index (χ0v) is 10.3. The monoisotopic (exact) mass is 247 g/mol. The molecule has 2 heterocycles. The maximum Gasteiger partial charge on any atom is 0.173 e. The molecule has 0 radical (unpaired) electrons. The van der Waals surface area contributed by atoms with Crippen LogP contribution < -0.4 is 4.74 Å². The van der Waals surface area contributed by atoms with Crippen LogP contribution in [-0.4, -0.2) is 12.1 Å². The topological polar surface area (TPSA) is 22.1 Å². The van der Waals surface area contributed by atoms with Crippen molar-refractivity contribution in [3.05, 3.63) is 36.4 Å². The fraction of sp³-hybridized carbons (Fsp3) is 0.0833. The molecule has 2 aromatic heterocycles. The minimum atomic E-state index is 0.925. The van der Waals surface area contributed by atoms with E-state index in [1.807, 2.05) is 24.3 Å². The van der Waals surface area contributed by atoms with Crippen molar-refractivity contribution in [1.29, 1.82) is 0 Å². The molecule has 80 valence electrons. The smallest absolute Gasteiger partial charge is 0.173 e. The standard InChI is InChI=1S/C12H9NOS2/c1-14-11-7-6-10(15-11)12-13-8-4-2-3-5-9(8)16-12/h2-7H,1H3. The second-order valence-corrected chi connectivity index (χ2v) is 5.39. The Morgan fingerprint density at radius 3 is 2.69 bits per heavy atom. The van der Waals surface area contributed by atoms with Gasteiger partial charge in [0.15, 0.2) is 5.06 Å². The lowest BCUT2D eigenvalue weighted by atomic mass is 10.3. The first-order valence-corrected chi connectivity index (χ1v) is 6.50. The number of thiophene rings is 1. The number of fused-ring (bicyclic) bond motifs is 1. The molecule has 0 bridgehead atoms. The van der Waals surface area contributed by atoms with Crippen molar-refractivity contribution in [3.63, 3.8) is 0 Å². The summed E-state index contributed by atoms with van der Waals surface area (Å²) in [5.41, 5.74) is 1.06. The quantitative estimate of drug-likeness (QED) is 0.682. The van der Waals surface area contributed by atoms with Crippen LogP contribution in [-0.2, 0) is 0 Å². The Morgan fingerprint density at radius 2 is 1.94 bits per heavy atom. The van der Waals surface area contributed by atoms with Crippen molar-refractivity contribution in [3.8, 4) is 14.9 Å². The number of nitrogens with zero attached hydrogens (tertiary/aromatic N) is 1. The Hall–Kier alpha value is -1.39. The van der Waals surface area contributed by atoms with Crippen molar-refractivity contribution < 1.29 is 4.74 Å². The van der Waals surface area contributed by atoms with Crippen molar-refractivity contribution in [2.75, 3.05) is 7.11 Å². The summed E-state index contributed by atoms with van der Waals surface area (Å²) in [6.07, 6.45) is 0. The van der Waals surface area contributed by atoms with Gasteiger partial charge in [-0.15, -0.1) is 11.3 Å². The van der Waals surface area contributed by atoms with Gasteiger partial charge < -0.3 is 4.74 Å². The number of methoxy groups -OCH3 is 1. The second kappa shape index (κ2) is 3.88. The van der Waals surface area contributed by atoms with Crippen molar-refractivity contribution >= 4 is 32.9 Å². The third-order valence-corrected chi connectivity index (χ3v) is 4.54. The number of benzene rings is 1. The zero-order chi connectivity index (χ0) is 11.0. The molecule has 0 aliphatic heterocycles. The predicted octanol–water partition coefficient (Wildman–Crippen LogP) is 4.03. The number of thiazole rings is 1. The highest BCUT2D eigenvalue weighted by molar-refractivity contribution is 7.26. The molecule has 0 aliphatic carbocycles. The van der Waals surface area contributed by atoms with E-state index in [0.29, 0.717) is 0 Å². The molecular formula is C12H9NOS2. The van der Waals surface area contributed by atoms with Crippen LogP contribution >= 0.6 is 22.7 Å². The summed E-state index contributed by atoms with van der Waals surface area (Å²) in [5.74, 6) is 0. The van der Waals surface area contributed by atoms with E-state index in [-0.39, 0.29) is 0 Å². The number of ether oxygens (including phenoxy) is 1. The van der Waals surface area contributed by atoms with Crippen LogP contribution in [0.25, 0.3) is 20.1 Å². The summed E-state index contributed by atoms with van der Waals surface area (Å²) in [5, 5.41) is 1.99. The molecule has 2 nitrogen and oxygen atoms in total. The van der Waals surface area contributed by atoms with Crippen LogP contribution in [0.1, 0.15) is 0 Å². The van der Waals surface area contributed by atoms with Gasteiger partial charge in [-0.25, -0.2) is 4.98 Å². The first-order valence-electron chi connectivity index (χ1n) is 4.86. The van der Waals surface area contributed by atoms with Gasteiger partial charge in [0.25, 0.3) is 0 Å². The maximum atomic E-state index is 5.19. The first-order chi connectivity index (χ1) is 7.86. The van der Waals surface area contributed by atoms with Gasteiger partial charge >= 0.3 is 0 Å². The summed E-state index contributed by atoms with van der Waals surface area (Å²) in [4.78, 5) is 5.77. The molecule has 0 aliphatic rings. The van der Waals surface area contributed by atoms with Crippen molar-refractivity contribution in [2.24, 2.45) is 0 Å². The molecule has 1 aromatic carbocycles. The molecule has 0 spiro atoms. The van der Waals surface area contributed by atoms with Gasteiger partial charge in [-0.05, 0) is 24.3 Å². The lowest BCUT2D eigenvalue weighted by Crippen LogP contribution is -1.73. The Balaban J connectivity index is 2.11. The Labute approximate surface area is 101 Å². The van der Waals surface area contributed by atoms with E-state index >= 15 is 0 Å². The minimum Gasteiger partial charge on any atom is -0.487 e. The molecule has 0 N–H and O–H groups in total. The summed E-state index contributed by atoms with van der Waals surface area (Å²) in [6, 6.07) is 12.2. The number of aromatic nitrogens is 1. The van der Waals surface area contributed by atoms with Crippen molar-refractivity contribution in [1.82, 2.24) is 4.98 Å². The minimum absolute atomic E-state index is 0.925. The van der Waals surface area contributed by atoms with Crippen LogP contribution in [0.2, 0.25) is 0 Å². The molecule has 0 atom stereocenters. The molecular weight excluding hydrogens is 238 g/mol. The maximum absolute atomic E-state index is 5.19. The van der Waals surface area contributed by atoms with Gasteiger partial charge in [-0.1, -0.05) is 23.5 Å². The fourth-order valence-electron chi connectivity index (χ4n) is 1.52. The molecule has 3 aromatic rings. The highest BCUT2D eigenvalue weighted by atomic mass is 32.1. The van der Waals surface area contributed by atoms with Crippen LogP contribution in [0, 0.1) is 0 Å². The van der Waals surface area contributed by atoms with E-state index in [9.17, 15) is 0 Å². The first kappa shape index (κ1) is 9.81. The summed E-state index contributed by atoms with van der Waals surface area (Å²) in [6.45, 7) is 0. The average Bonchev–Trinajstić information content (AvgIpc) is 2.95. The van der Waals surface area contributed by atoms with Crippen LogP contribution in [0.5, 0.6) is 5.06 Å². The molecule has 0 saturated heterocycles. The van der Waals surface area contributed by atoms with Gasteiger partial charge in [0.05, 0.1) is 22.2 Å². The molecule has 0 fully saturated rings. The SMILES string of the molecule is COc1ccc(-c2nc3ccccc3s2)s1. The summed E-state index contributed by atoms with van der Waals surface area (Å²) in [7, 11) is 1.69. The Kier molecular flexibility index (Phi) is 2.38. The number of rotatable bonds is 2. The third kappa shape index (κ3) is 1.60. The molecule has 4 heteroatoms. The fourth-order valence-corrected chi connectivity index (χ4v) is 3.36. The summed E-state index contributed by atoms with van der Waals surface area (Å²) < 4.78 is 6.41. The average molecular weight is 247 g/mol. The highest BCUT2D eigenvalue weighted by Crippen LogP contribution is 2.36. The number of hydrogen-bond donors (Lipinski definition) is 0. The number of hydrogen-bond acceptors (Lipinski definition) is 4. The molecule has 0 unspecified atom stereocenters. The summed E-state index contributed by atoms with van der Waals surface area (Å²) >= 11 is 3.34. The van der Waals surface area contributed by atoms with Gasteiger partial charge in [-0.3, -0.25) is 0 Å². The highest BCUT2D eigenvalue weighted by Gasteiger charge is 2.08. The van der Waals surface area contributed by atoms with E-state index in [0.717, 1.165) is 20.5 Å². The zero-order valence-electron chi connectivity index (χ0n) is 8.64. The van der Waals surface area contributed by atoms with Crippen LogP contribution in [0.3, 0.4) is 0 Å². The van der Waals surface area contributed by atoms with E-state index in [2.05, 4.69) is 17.1 Å².